The molecule has 0 saturated carbocycles. The quantitative estimate of drug-likeness (QED) is 0.696. The van der Waals surface area contributed by atoms with Gasteiger partial charge in [0.05, 0.1) is 12.2 Å². The van der Waals surface area contributed by atoms with Crippen molar-refractivity contribution in [2.45, 2.75) is 6.54 Å². The van der Waals surface area contributed by atoms with Gasteiger partial charge >= 0.3 is 5.69 Å². The smallest absolute Gasteiger partial charge is 0.331 e. The molecule has 3 rings (SSSR count). The van der Waals surface area contributed by atoms with Crippen molar-refractivity contribution in [3.63, 3.8) is 0 Å². The van der Waals surface area contributed by atoms with E-state index < -0.39 is 11.2 Å². The van der Waals surface area contributed by atoms with Crippen LogP contribution in [0, 0.1) is 0 Å². The van der Waals surface area contributed by atoms with Crippen molar-refractivity contribution < 1.29 is 5.11 Å². The predicted molar refractivity (Wildman–Crippen MR) is 102 cm³/mol. The topological polar surface area (TPSA) is 87.5 Å². The summed E-state index contributed by atoms with van der Waals surface area (Å²) in [6.45, 7) is 0.154. The number of H-pyrrole nitrogens is 1. The van der Waals surface area contributed by atoms with Gasteiger partial charge in [0, 0.05) is 6.21 Å². The summed E-state index contributed by atoms with van der Waals surface area (Å²) in [5.74, 6) is -0.382. The monoisotopic (exact) mass is 347 g/mol. The molecule has 0 atom stereocenters. The Labute approximate surface area is 149 Å². The number of para-hydroxylation sites is 1. The zero-order chi connectivity index (χ0) is 18.4. The van der Waals surface area contributed by atoms with Crippen molar-refractivity contribution in [3.8, 4) is 5.88 Å². The third-order valence-corrected chi connectivity index (χ3v) is 3.72. The number of nitrogens with zero attached hydrogens (tertiary/aromatic N) is 2. The van der Waals surface area contributed by atoms with Gasteiger partial charge in [-0.15, -0.1) is 0 Å². The third-order valence-electron chi connectivity index (χ3n) is 3.72. The molecule has 2 aromatic carbocycles. The highest BCUT2D eigenvalue weighted by molar-refractivity contribution is 5.80. The van der Waals surface area contributed by atoms with Gasteiger partial charge in [-0.3, -0.25) is 19.3 Å². The number of nitrogens with one attached hydrogen (secondary N) is 1. The normalized spacial score (nSPS) is 11.4. The molecule has 2 N–H and O–H groups in total. The second-order valence-electron chi connectivity index (χ2n) is 5.54. The van der Waals surface area contributed by atoms with Crippen molar-refractivity contribution in [2.75, 3.05) is 0 Å². The zero-order valence-corrected chi connectivity index (χ0v) is 13.9. The highest BCUT2D eigenvalue weighted by atomic mass is 16.3. The van der Waals surface area contributed by atoms with Crippen LogP contribution in [-0.2, 0) is 6.54 Å². The predicted octanol–water partition coefficient (Wildman–Crippen LogP) is 2.71. The van der Waals surface area contributed by atoms with Gasteiger partial charge in [0.1, 0.15) is 5.56 Å². The van der Waals surface area contributed by atoms with Crippen LogP contribution in [0.25, 0.3) is 6.08 Å². The minimum atomic E-state index is -0.661. The van der Waals surface area contributed by atoms with Gasteiger partial charge < -0.3 is 5.11 Å². The maximum Gasteiger partial charge on any atom is 0.331 e. The van der Waals surface area contributed by atoms with E-state index in [2.05, 4.69) is 9.98 Å². The second kappa shape index (κ2) is 7.94. The van der Waals surface area contributed by atoms with E-state index in [4.69, 9.17) is 0 Å². The van der Waals surface area contributed by atoms with E-state index in [1.807, 2.05) is 60.7 Å². The standard InChI is InChI=1S/C20H17N3O3/c24-18-17(12-7-13-21-16-10-5-2-6-11-16)19(25)23(20(26)22-18)14-15-8-3-1-4-9-15/h1-13,25H,14H2,(H,22,24,26)/b12-7+,21-13?. The molecule has 6 nitrogen and oxygen atoms in total. The first kappa shape index (κ1) is 17.2. The Bertz CT molecular complexity index is 1050. The molecule has 1 aromatic heterocycles. The van der Waals surface area contributed by atoms with Crippen LogP contribution < -0.4 is 11.2 Å². The number of aromatic amines is 1. The highest BCUT2D eigenvalue weighted by Gasteiger charge is 2.12. The number of hydrogen-bond acceptors (Lipinski definition) is 4. The fraction of sp³-hybridized carbons (Fsp3) is 0.0500. The first-order valence-corrected chi connectivity index (χ1v) is 8.01. The van der Waals surface area contributed by atoms with Crippen LogP contribution in [0.2, 0.25) is 0 Å². The highest BCUT2D eigenvalue weighted by Crippen LogP contribution is 2.14. The molecule has 0 aliphatic carbocycles. The van der Waals surface area contributed by atoms with E-state index in [0.717, 1.165) is 15.8 Å². The first-order valence-electron chi connectivity index (χ1n) is 8.01. The molecule has 3 aromatic rings. The van der Waals surface area contributed by atoms with Crippen LogP contribution in [0.1, 0.15) is 11.1 Å². The Morgan fingerprint density at radius 3 is 2.35 bits per heavy atom. The van der Waals surface area contributed by atoms with E-state index in [1.165, 1.54) is 18.4 Å². The Hall–Kier alpha value is -3.67. The molecule has 0 bridgehead atoms. The number of aromatic hydroxyl groups is 1. The summed E-state index contributed by atoms with van der Waals surface area (Å²) in [6.07, 6.45) is 4.47. The Morgan fingerprint density at radius 1 is 1.00 bits per heavy atom. The molecule has 6 heteroatoms. The molecular formula is C20H17N3O3. The lowest BCUT2D eigenvalue weighted by atomic mass is 10.2. The van der Waals surface area contributed by atoms with E-state index in [9.17, 15) is 14.7 Å². The van der Waals surface area contributed by atoms with Crippen LogP contribution in [0.15, 0.2) is 81.3 Å². The maximum atomic E-state index is 12.0. The Morgan fingerprint density at radius 2 is 1.65 bits per heavy atom. The van der Waals surface area contributed by atoms with Gasteiger partial charge in [0.15, 0.2) is 0 Å². The SMILES string of the molecule is O=c1[nH]c(=O)n(Cc2ccccc2)c(O)c1/C=C/C=Nc1ccccc1. The maximum absolute atomic E-state index is 12.0. The number of benzene rings is 2. The molecule has 0 spiro atoms. The van der Waals surface area contributed by atoms with Crippen molar-refractivity contribution in [1.29, 1.82) is 0 Å². The zero-order valence-electron chi connectivity index (χ0n) is 13.9. The molecule has 0 unspecified atom stereocenters. The molecule has 0 saturated heterocycles. The van der Waals surface area contributed by atoms with E-state index in [0.29, 0.717) is 0 Å². The second-order valence-corrected chi connectivity index (χ2v) is 5.54. The molecule has 0 aliphatic rings. The van der Waals surface area contributed by atoms with Crippen LogP contribution in [0.3, 0.4) is 0 Å². The van der Waals surface area contributed by atoms with Crippen molar-refractivity contribution >= 4 is 18.0 Å². The Kier molecular flexibility index (Phi) is 5.24. The summed E-state index contributed by atoms with van der Waals surface area (Å²) in [6, 6.07) is 18.5. The van der Waals surface area contributed by atoms with Crippen LogP contribution in [0.5, 0.6) is 5.88 Å². The van der Waals surface area contributed by atoms with Gasteiger partial charge in [-0.05, 0) is 29.8 Å². The first-order chi connectivity index (χ1) is 12.6. The van der Waals surface area contributed by atoms with Gasteiger partial charge in [-0.1, -0.05) is 48.5 Å². The summed E-state index contributed by atoms with van der Waals surface area (Å²) < 4.78 is 1.12. The average molecular weight is 347 g/mol. The molecule has 0 amide bonds. The van der Waals surface area contributed by atoms with Gasteiger partial charge in [0.25, 0.3) is 5.56 Å². The van der Waals surface area contributed by atoms with Crippen LogP contribution in [0.4, 0.5) is 5.69 Å². The van der Waals surface area contributed by atoms with Crippen LogP contribution in [-0.4, -0.2) is 20.9 Å². The largest absolute Gasteiger partial charge is 0.494 e. The average Bonchev–Trinajstić information content (AvgIpc) is 2.66. The minimum Gasteiger partial charge on any atom is -0.494 e. The molecule has 1 heterocycles. The number of aliphatic imine (C=N–C) groups is 1. The van der Waals surface area contributed by atoms with Crippen molar-refractivity contribution in [2.24, 2.45) is 4.99 Å². The number of allylic oxidation sites excluding steroid dienone is 1. The molecule has 0 aliphatic heterocycles. The molecule has 130 valence electrons. The lowest BCUT2D eigenvalue weighted by molar-refractivity contribution is 0.408. The minimum absolute atomic E-state index is 0.0000396. The van der Waals surface area contributed by atoms with Gasteiger partial charge in [-0.2, -0.15) is 0 Å². The Balaban J connectivity index is 1.89. The van der Waals surface area contributed by atoms with E-state index >= 15 is 0 Å². The summed E-state index contributed by atoms with van der Waals surface area (Å²) in [5.41, 5.74) is 0.287. The number of aromatic nitrogens is 2. The summed E-state index contributed by atoms with van der Waals surface area (Å²) in [7, 11) is 0. The molecule has 26 heavy (non-hydrogen) atoms. The number of rotatable bonds is 5. The summed E-state index contributed by atoms with van der Waals surface area (Å²) >= 11 is 0. The van der Waals surface area contributed by atoms with Crippen molar-refractivity contribution in [3.05, 3.63) is 98.7 Å². The van der Waals surface area contributed by atoms with Crippen molar-refractivity contribution in [1.82, 2.24) is 9.55 Å². The summed E-state index contributed by atoms with van der Waals surface area (Å²) in [4.78, 5) is 30.5. The molecule has 0 fully saturated rings. The van der Waals surface area contributed by atoms with E-state index in [-0.39, 0.29) is 18.0 Å². The molecule has 0 radical (unpaired) electrons. The lowest BCUT2D eigenvalue weighted by Crippen LogP contribution is -2.31. The van der Waals surface area contributed by atoms with Crippen LogP contribution >= 0.6 is 0 Å². The third kappa shape index (κ3) is 4.05. The fourth-order valence-electron chi connectivity index (χ4n) is 2.42. The number of hydrogen-bond donors (Lipinski definition) is 2. The van der Waals surface area contributed by atoms with E-state index in [1.54, 1.807) is 0 Å². The van der Waals surface area contributed by atoms with Gasteiger partial charge in [0.2, 0.25) is 5.88 Å². The summed E-state index contributed by atoms with van der Waals surface area (Å²) in [5, 5.41) is 10.4. The van der Waals surface area contributed by atoms with Gasteiger partial charge in [-0.25, -0.2) is 4.79 Å². The fourth-order valence-corrected chi connectivity index (χ4v) is 2.42. The molecular weight excluding hydrogens is 330 g/mol. The lowest BCUT2D eigenvalue weighted by Gasteiger charge is -2.09.